The Kier molecular flexibility index (Phi) is 6.41. The van der Waals surface area contributed by atoms with Gasteiger partial charge < -0.3 is 4.74 Å². The lowest BCUT2D eigenvalue weighted by Crippen LogP contribution is -2.76. The van der Waals surface area contributed by atoms with Gasteiger partial charge in [0.2, 0.25) is 19.8 Å². The highest BCUT2D eigenvalue weighted by molar-refractivity contribution is 7.19. The van der Waals surface area contributed by atoms with E-state index in [4.69, 9.17) is 24.7 Å². The molecule has 8 heteroatoms. The van der Waals surface area contributed by atoms with Gasteiger partial charge in [0, 0.05) is 21.7 Å². The summed E-state index contributed by atoms with van der Waals surface area (Å²) in [4.78, 5) is 20.6. The summed E-state index contributed by atoms with van der Waals surface area (Å²) in [5, 5.41) is 3.39. The maximum atomic E-state index is 7.01. The lowest BCUT2D eigenvalue weighted by molar-refractivity contribution is 0.421. The third kappa shape index (κ3) is 4.17. The largest absolute Gasteiger partial charge is 0.457 e. The van der Waals surface area contributed by atoms with E-state index < -0.39 is 8.07 Å². The molecule has 51 heavy (non-hydrogen) atoms. The summed E-state index contributed by atoms with van der Waals surface area (Å²) in [5.41, 5.74) is 6.66. The number of aromatic nitrogens is 6. The molecule has 0 N–H and O–H groups in total. The van der Waals surface area contributed by atoms with E-state index in [0.29, 0.717) is 11.4 Å². The molecule has 0 atom stereocenters. The molecule has 1 aliphatic rings. The van der Waals surface area contributed by atoms with Gasteiger partial charge in [-0.25, -0.2) is 24.5 Å². The van der Waals surface area contributed by atoms with Crippen LogP contribution >= 0.6 is 0 Å². The van der Waals surface area contributed by atoms with Crippen molar-refractivity contribution in [1.29, 1.82) is 0 Å². The number of ether oxygens (including phenoxy) is 1. The van der Waals surface area contributed by atoms with Gasteiger partial charge >= 0.3 is 0 Å². The summed E-state index contributed by atoms with van der Waals surface area (Å²) < 4.78 is 11.3. The Morgan fingerprint density at radius 3 is 1.96 bits per heavy atom. The van der Waals surface area contributed by atoms with Gasteiger partial charge in [0.05, 0.1) is 22.1 Å². The highest BCUT2D eigenvalue weighted by Gasteiger charge is 2.49. The predicted octanol–water partition coefficient (Wildman–Crippen LogP) is 6.43. The van der Waals surface area contributed by atoms with Crippen LogP contribution in [-0.4, -0.2) is 37.0 Å². The fourth-order valence-corrected chi connectivity index (χ4v) is 12.6. The summed E-state index contributed by atoms with van der Waals surface area (Å²) >= 11 is 0. The second-order valence-corrected chi connectivity index (χ2v) is 17.2. The van der Waals surface area contributed by atoms with Crippen LogP contribution in [0.25, 0.3) is 33.8 Å². The van der Waals surface area contributed by atoms with Crippen LogP contribution in [0.1, 0.15) is 25.0 Å². The zero-order chi connectivity index (χ0) is 34.2. The van der Waals surface area contributed by atoms with Gasteiger partial charge in [-0.3, -0.25) is 4.40 Å². The maximum Gasteiger partial charge on any atom is 0.239 e. The monoisotopic (exact) mass is 676 g/mol. The average Bonchev–Trinajstić information content (AvgIpc) is 3.71. The number of imidazole rings is 2. The minimum atomic E-state index is -3.30. The summed E-state index contributed by atoms with van der Waals surface area (Å²) in [6.45, 7) is 4.56. The van der Waals surface area contributed by atoms with E-state index in [2.05, 4.69) is 144 Å². The number of para-hydroxylation sites is 6. The second-order valence-electron chi connectivity index (χ2n) is 13.6. The summed E-state index contributed by atoms with van der Waals surface area (Å²) in [7, 11) is -3.30. The smallest absolute Gasteiger partial charge is 0.239 e. The summed E-state index contributed by atoms with van der Waals surface area (Å²) in [5.74, 6) is 3.01. The summed E-state index contributed by atoms with van der Waals surface area (Å²) in [6.07, 6.45) is 1.66. The topological polar surface area (TPSA) is 70.1 Å². The molecule has 0 fully saturated rings. The number of nitrogens with zero attached hydrogens (tertiary/aromatic N) is 6. The fourth-order valence-electron chi connectivity index (χ4n) is 8.12. The van der Waals surface area contributed by atoms with Crippen molar-refractivity contribution in [2.75, 3.05) is 0 Å². The van der Waals surface area contributed by atoms with Crippen molar-refractivity contribution in [2.45, 2.75) is 19.3 Å². The van der Waals surface area contributed by atoms with E-state index in [0.717, 1.165) is 60.5 Å². The van der Waals surface area contributed by atoms with Crippen molar-refractivity contribution in [1.82, 2.24) is 28.9 Å². The van der Waals surface area contributed by atoms with Gasteiger partial charge in [-0.15, -0.1) is 0 Å². The SMILES string of the molecule is CC1(C)c2ccccc2Oc2c1cccc2[Si](c1ccccc1)(c1ccccc1)c1ncnc(-n2c3ccccc3n3c4ccccc4nc23)n1. The van der Waals surface area contributed by atoms with Crippen molar-refractivity contribution in [3.05, 3.63) is 169 Å². The first-order valence-corrected chi connectivity index (χ1v) is 19.2. The van der Waals surface area contributed by atoms with Crippen LogP contribution in [0.4, 0.5) is 0 Å². The molecule has 9 aromatic rings. The van der Waals surface area contributed by atoms with Crippen LogP contribution in [0.5, 0.6) is 11.5 Å². The lowest BCUT2D eigenvalue weighted by atomic mass is 9.76. The van der Waals surface area contributed by atoms with Gasteiger partial charge in [-0.05, 0) is 40.7 Å². The normalized spacial score (nSPS) is 13.6. The first-order chi connectivity index (χ1) is 25.1. The van der Waals surface area contributed by atoms with Crippen LogP contribution in [0.15, 0.2) is 158 Å². The van der Waals surface area contributed by atoms with Gasteiger partial charge in [0.1, 0.15) is 23.3 Å². The highest BCUT2D eigenvalue weighted by Crippen LogP contribution is 2.47. The lowest BCUT2D eigenvalue weighted by Gasteiger charge is -2.39. The molecule has 6 aromatic carbocycles. The molecule has 7 nitrogen and oxygen atoms in total. The molecule has 1 aliphatic heterocycles. The number of benzene rings is 6. The molecule has 0 radical (unpaired) electrons. The molecule has 0 amide bonds. The summed E-state index contributed by atoms with van der Waals surface area (Å²) in [6, 6.07) is 52.9. The van der Waals surface area contributed by atoms with Crippen LogP contribution in [0.2, 0.25) is 0 Å². The van der Waals surface area contributed by atoms with Crippen molar-refractivity contribution in [3.63, 3.8) is 0 Å². The molecule has 244 valence electrons. The Morgan fingerprint density at radius 2 is 1.20 bits per heavy atom. The third-order valence-corrected chi connectivity index (χ3v) is 15.0. The van der Waals surface area contributed by atoms with E-state index in [1.165, 1.54) is 5.56 Å². The molecule has 3 aromatic heterocycles. The van der Waals surface area contributed by atoms with Crippen molar-refractivity contribution in [3.8, 4) is 17.4 Å². The van der Waals surface area contributed by atoms with E-state index >= 15 is 0 Å². The molecule has 0 spiro atoms. The molecule has 0 unspecified atom stereocenters. The van der Waals surface area contributed by atoms with Crippen molar-refractivity contribution >= 4 is 56.9 Å². The Labute approximate surface area is 295 Å². The first kappa shape index (κ1) is 29.5. The number of rotatable bonds is 5. The predicted molar refractivity (Wildman–Crippen MR) is 205 cm³/mol. The van der Waals surface area contributed by atoms with Crippen LogP contribution in [0, 0.1) is 0 Å². The van der Waals surface area contributed by atoms with Crippen LogP contribution in [0.3, 0.4) is 0 Å². The maximum absolute atomic E-state index is 7.01. The molecular formula is C43H32N6OSi. The van der Waals surface area contributed by atoms with E-state index in [1.54, 1.807) is 6.33 Å². The van der Waals surface area contributed by atoms with Crippen LogP contribution < -0.4 is 25.7 Å². The minimum absolute atomic E-state index is 0.295. The van der Waals surface area contributed by atoms with E-state index in [-0.39, 0.29) is 5.41 Å². The van der Waals surface area contributed by atoms with Crippen LogP contribution in [-0.2, 0) is 5.41 Å². The van der Waals surface area contributed by atoms with Gasteiger partial charge in [-0.2, -0.15) is 0 Å². The molecule has 0 bridgehead atoms. The number of hydrogen-bond acceptors (Lipinski definition) is 5. The Hall–Kier alpha value is -6.38. The zero-order valence-corrected chi connectivity index (χ0v) is 29.1. The van der Waals surface area contributed by atoms with Gasteiger partial charge in [-0.1, -0.05) is 135 Å². The molecule has 0 saturated heterocycles. The Bertz CT molecular complexity index is 2730. The van der Waals surface area contributed by atoms with Gasteiger partial charge in [0.25, 0.3) is 0 Å². The number of hydrogen-bond donors (Lipinski definition) is 0. The third-order valence-electron chi connectivity index (χ3n) is 10.5. The zero-order valence-electron chi connectivity index (χ0n) is 28.1. The standard InChI is InChI=1S/C43H32N6OSi/c1-43(2)31-20-9-14-26-37(31)50-39-32(43)21-15-27-38(39)51(29-16-5-3-6-17-29,30-18-7-4-8-19-30)41-45-28-44-40(47-41)49-36-25-13-12-24-35(36)48-34-23-11-10-22-33(34)46-42(48)49/h3-28H,1-2H3. The second kappa shape index (κ2) is 11.1. The van der Waals surface area contributed by atoms with Crippen molar-refractivity contribution < 1.29 is 4.74 Å². The number of fused-ring (bicyclic) bond motifs is 7. The van der Waals surface area contributed by atoms with E-state index in [1.807, 2.05) is 30.3 Å². The highest BCUT2D eigenvalue weighted by atomic mass is 28.3. The van der Waals surface area contributed by atoms with Gasteiger partial charge in [0.15, 0.2) is 0 Å². The fraction of sp³-hybridized carbons (Fsp3) is 0.0698. The Balaban J connectivity index is 1.31. The molecule has 10 rings (SSSR count). The molecule has 0 saturated carbocycles. The first-order valence-electron chi connectivity index (χ1n) is 17.2. The molecule has 0 aliphatic carbocycles. The molecule has 4 heterocycles. The molecular weight excluding hydrogens is 645 g/mol. The minimum Gasteiger partial charge on any atom is -0.457 e. The Morgan fingerprint density at radius 1 is 0.569 bits per heavy atom. The quantitative estimate of drug-likeness (QED) is 0.155. The van der Waals surface area contributed by atoms with E-state index in [9.17, 15) is 0 Å². The van der Waals surface area contributed by atoms with Crippen molar-refractivity contribution in [2.24, 2.45) is 0 Å². The average molecular weight is 677 g/mol.